The summed E-state index contributed by atoms with van der Waals surface area (Å²) in [6, 6.07) is 7.25. The van der Waals surface area contributed by atoms with E-state index in [0.29, 0.717) is 15.6 Å². The number of hydrogen-bond acceptors (Lipinski definition) is 2. The molecule has 7 heteroatoms. The molecule has 2 unspecified atom stereocenters. The summed E-state index contributed by atoms with van der Waals surface area (Å²) in [7, 11) is 0. The molecule has 1 fully saturated rings. The molecule has 0 saturated heterocycles. The number of benzene rings is 1. The van der Waals surface area contributed by atoms with Gasteiger partial charge in [-0.3, -0.25) is 4.79 Å². The minimum Gasteiger partial charge on any atom is -0.461 e. The molecule has 1 saturated carbocycles. The van der Waals surface area contributed by atoms with Crippen LogP contribution in [0.1, 0.15) is 19.4 Å². The van der Waals surface area contributed by atoms with Gasteiger partial charge in [-0.15, -0.1) is 0 Å². The third-order valence-electron chi connectivity index (χ3n) is 4.82. The highest BCUT2D eigenvalue weighted by Gasteiger charge is 2.61. The first-order valence-electron chi connectivity index (χ1n) is 8.02. The Morgan fingerprint density at radius 3 is 2.50 bits per heavy atom. The number of hydrogen-bond donors (Lipinski definition) is 0. The number of rotatable bonds is 5. The molecule has 138 valence electrons. The second-order valence-electron chi connectivity index (χ2n) is 6.88. The third kappa shape index (κ3) is 3.91. The SMILES string of the molecule is CC1(C)C(C=C(Cl)Cl)C1C(=O)OCc1cc(Cl)cc(-n2cccc2)c1Cl. The molecule has 3 nitrogen and oxygen atoms in total. The van der Waals surface area contributed by atoms with Gasteiger partial charge in [-0.2, -0.15) is 0 Å². The number of allylic oxidation sites excluding steroid dienone is 1. The molecule has 0 aliphatic heterocycles. The number of carbonyl (C=O) groups is 1. The summed E-state index contributed by atoms with van der Waals surface area (Å²) in [4.78, 5) is 12.5. The fourth-order valence-electron chi connectivity index (χ4n) is 3.23. The van der Waals surface area contributed by atoms with E-state index in [1.807, 2.05) is 42.9 Å². The van der Waals surface area contributed by atoms with Crippen LogP contribution in [0.4, 0.5) is 0 Å². The Morgan fingerprint density at radius 1 is 1.23 bits per heavy atom. The first kappa shape index (κ1) is 19.6. The van der Waals surface area contributed by atoms with Crippen LogP contribution < -0.4 is 0 Å². The highest BCUT2D eigenvalue weighted by molar-refractivity contribution is 6.55. The Kier molecular flexibility index (Phi) is 5.64. The summed E-state index contributed by atoms with van der Waals surface area (Å²) < 4.78 is 7.51. The van der Waals surface area contributed by atoms with Gasteiger partial charge in [-0.1, -0.05) is 60.3 Å². The van der Waals surface area contributed by atoms with E-state index in [-0.39, 0.29) is 34.3 Å². The van der Waals surface area contributed by atoms with E-state index in [0.717, 1.165) is 5.69 Å². The summed E-state index contributed by atoms with van der Waals surface area (Å²) >= 11 is 24.1. The molecule has 0 spiro atoms. The molecule has 3 rings (SSSR count). The van der Waals surface area contributed by atoms with Crippen molar-refractivity contribution in [3.63, 3.8) is 0 Å². The molecule has 1 aromatic carbocycles. The lowest BCUT2D eigenvalue weighted by atomic mass is 10.1. The van der Waals surface area contributed by atoms with E-state index in [1.165, 1.54) is 0 Å². The number of ether oxygens (including phenoxy) is 1. The normalized spacial score (nSPS) is 20.5. The van der Waals surface area contributed by atoms with E-state index in [1.54, 1.807) is 18.2 Å². The van der Waals surface area contributed by atoms with Crippen molar-refractivity contribution < 1.29 is 9.53 Å². The molecular weight excluding hydrogens is 416 g/mol. The summed E-state index contributed by atoms with van der Waals surface area (Å²) in [5.74, 6) is -0.619. The van der Waals surface area contributed by atoms with Crippen molar-refractivity contribution in [2.75, 3.05) is 0 Å². The topological polar surface area (TPSA) is 31.2 Å². The molecule has 1 aliphatic carbocycles. The van der Waals surface area contributed by atoms with Gasteiger partial charge in [0.25, 0.3) is 0 Å². The summed E-state index contributed by atoms with van der Waals surface area (Å²) in [6.45, 7) is 4.00. The second kappa shape index (κ2) is 7.47. The molecule has 1 aliphatic rings. The van der Waals surface area contributed by atoms with Crippen molar-refractivity contribution in [3.05, 3.63) is 62.8 Å². The predicted molar refractivity (Wildman–Crippen MR) is 106 cm³/mol. The molecule has 1 heterocycles. The quantitative estimate of drug-likeness (QED) is 0.510. The van der Waals surface area contributed by atoms with E-state index in [9.17, 15) is 4.79 Å². The van der Waals surface area contributed by atoms with Gasteiger partial charge in [-0.25, -0.2) is 0 Å². The number of nitrogens with zero attached hydrogens (tertiary/aromatic N) is 1. The van der Waals surface area contributed by atoms with Gasteiger partial charge in [0, 0.05) is 23.0 Å². The van der Waals surface area contributed by atoms with Crippen LogP contribution in [0.5, 0.6) is 0 Å². The molecule has 1 aromatic heterocycles. The van der Waals surface area contributed by atoms with Crippen molar-refractivity contribution in [3.8, 4) is 5.69 Å². The zero-order valence-electron chi connectivity index (χ0n) is 14.2. The van der Waals surface area contributed by atoms with Crippen molar-refractivity contribution in [2.24, 2.45) is 17.3 Å². The van der Waals surface area contributed by atoms with Crippen LogP contribution >= 0.6 is 46.4 Å². The van der Waals surface area contributed by atoms with Crippen LogP contribution in [0.25, 0.3) is 5.69 Å². The average Bonchev–Trinajstić information content (AvgIpc) is 2.94. The molecular formula is C19H17Cl4NO2. The highest BCUT2D eigenvalue weighted by atomic mass is 35.5. The highest BCUT2D eigenvalue weighted by Crippen LogP contribution is 2.60. The standard InChI is InChI=1S/C19H17Cl4NO2/c1-19(2)13(9-15(21)22)16(19)18(25)26-10-11-7-12(20)8-14(17(11)23)24-5-3-4-6-24/h3-9,13,16H,10H2,1-2H3. The molecule has 2 aromatic rings. The van der Waals surface area contributed by atoms with Crippen molar-refractivity contribution in [2.45, 2.75) is 20.5 Å². The fraction of sp³-hybridized carbons (Fsp3) is 0.316. The Morgan fingerprint density at radius 2 is 1.88 bits per heavy atom. The van der Waals surface area contributed by atoms with Crippen molar-refractivity contribution >= 4 is 52.4 Å². The maximum absolute atomic E-state index is 12.5. The first-order valence-corrected chi connectivity index (χ1v) is 9.53. The molecule has 0 N–H and O–H groups in total. The van der Waals surface area contributed by atoms with Gasteiger partial charge < -0.3 is 9.30 Å². The Labute approximate surface area is 172 Å². The van der Waals surface area contributed by atoms with Gasteiger partial charge in [0.2, 0.25) is 0 Å². The lowest BCUT2D eigenvalue weighted by molar-refractivity contribution is -0.147. The van der Waals surface area contributed by atoms with Gasteiger partial charge in [0.1, 0.15) is 11.1 Å². The summed E-state index contributed by atoms with van der Waals surface area (Å²) in [5, 5.41) is 1.01. The monoisotopic (exact) mass is 431 g/mol. The van der Waals surface area contributed by atoms with E-state index in [2.05, 4.69) is 0 Å². The maximum atomic E-state index is 12.5. The first-order chi connectivity index (χ1) is 12.2. The minimum atomic E-state index is -0.301. The van der Waals surface area contributed by atoms with Crippen LogP contribution in [-0.2, 0) is 16.1 Å². The Hall–Kier alpha value is -1.13. The number of esters is 1. The summed E-state index contributed by atoms with van der Waals surface area (Å²) in [6.07, 6.45) is 5.42. The molecule has 26 heavy (non-hydrogen) atoms. The van der Waals surface area contributed by atoms with Crippen molar-refractivity contribution in [1.29, 1.82) is 0 Å². The predicted octanol–water partition coefficient (Wildman–Crippen LogP) is 6.42. The van der Waals surface area contributed by atoms with Crippen molar-refractivity contribution in [1.82, 2.24) is 4.57 Å². The third-order valence-corrected chi connectivity index (χ3v) is 5.72. The zero-order chi connectivity index (χ0) is 19.1. The van der Waals surface area contributed by atoms with Gasteiger partial charge in [-0.05, 0) is 41.7 Å². The minimum absolute atomic E-state index is 0.0368. The lowest BCUT2D eigenvalue weighted by Crippen LogP contribution is -2.11. The van der Waals surface area contributed by atoms with Crippen LogP contribution in [0, 0.1) is 17.3 Å². The number of carbonyl (C=O) groups excluding carboxylic acids is 1. The molecule has 0 bridgehead atoms. The van der Waals surface area contributed by atoms with E-state index >= 15 is 0 Å². The second-order valence-corrected chi connectivity index (χ2v) is 8.70. The largest absolute Gasteiger partial charge is 0.461 e. The molecule has 0 amide bonds. The van der Waals surface area contributed by atoms with E-state index < -0.39 is 0 Å². The Balaban J connectivity index is 1.75. The number of halogens is 4. The van der Waals surface area contributed by atoms with Crippen LogP contribution in [0.2, 0.25) is 10.0 Å². The maximum Gasteiger partial charge on any atom is 0.310 e. The van der Waals surface area contributed by atoms with Gasteiger partial charge >= 0.3 is 5.97 Å². The summed E-state index contributed by atoms with van der Waals surface area (Å²) in [5.41, 5.74) is 1.15. The molecule has 0 radical (unpaired) electrons. The average molecular weight is 433 g/mol. The van der Waals surface area contributed by atoms with Gasteiger partial charge in [0.15, 0.2) is 0 Å². The zero-order valence-corrected chi connectivity index (χ0v) is 17.2. The number of aromatic nitrogens is 1. The van der Waals surface area contributed by atoms with Crippen LogP contribution in [0.3, 0.4) is 0 Å². The van der Waals surface area contributed by atoms with Crippen LogP contribution in [0.15, 0.2) is 47.2 Å². The Bertz CT molecular complexity index is 855. The molecule has 2 atom stereocenters. The fourth-order valence-corrected chi connectivity index (χ4v) is 4.00. The van der Waals surface area contributed by atoms with Gasteiger partial charge in [0.05, 0.1) is 16.6 Å². The smallest absolute Gasteiger partial charge is 0.310 e. The van der Waals surface area contributed by atoms with Crippen LogP contribution in [-0.4, -0.2) is 10.5 Å². The lowest BCUT2D eigenvalue weighted by Gasteiger charge is -2.12. The van der Waals surface area contributed by atoms with E-state index in [4.69, 9.17) is 51.1 Å².